The number of likely N-dealkylation sites (N-methyl/N-ethyl adjacent to an activating group) is 1. The molecule has 0 spiro atoms. The number of rotatable bonds is 3. The van der Waals surface area contributed by atoms with E-state index in [4.69, 9.17) is 7.48 Å². The van der Waals surface area contributed by atoms with E-state index in [9.17, 15) is 0 Å². The van der Waals surface area contributed by atoms with Gasteiger partial charge in [-0.05, 0) is 39.2 Å². The third-order valence-electron chi connectivity index (χ3n) is 3.65. The van der Waals surface area contributed by atoms with Gasteiger partial charge in [0.05, 0.1) is 9.35 Å². The molecule has 0 N–H and O–H groups in total. The Hall–Kier alpha value is -1.48. The molecule has 1 aromatic heterocycles. The van der Waals surface area contributed by atoms with Crippen molar-refractivity contribution in [2.75, 3.05) is 20.7 Å². The predicted molar refractivity (Wildman–Crippen MR) is 74.3 cm³/mol. The Kier molecular flexibility index (Phi) is 2.27. The second kappa shape index (κ2) is 4.32. The minimum atomic E-state index is -1.46. The van der Waals surface area contributed by atoms with Gasteiger partial charge in [0.2, 0.25) is 0 Å². The second-order valence-corrected chi connectivity index (χ2v) is 5.03. The lowest BCUT2D eigenvalue weighted by Gasteiger charge is -2.20. The summed E-state index contributed by atoms with van der Waals surface area (Å²) >= 11 is 0. The summed E-state index contributed by atoms with van der Waals surface area (Å²) in [5, 5.41) is 1.11. The van der Waals surface area contributed by atoms with Crippen LogP contribution in [0.1, 0.15) is 15.2 Å². The monoisotopic (exact) mass is 246 g/mol. The van der Waals surface area contributed by atoms with Crippen molar-refractivity contribution in [2.24, 2.45) is 0 Å². The maximum Gasteiger partial charge on any atom is 0.123 e. The molecule has 18 heavy (non-hydrogen) atoms. The van der Waals surface area contributed by atoms with Gasteiger partial charge < -0.3 is 14.2 Å². The molecular weight excluding hydrogens is 224 g/mol. The molecule has 2 aromatic rings. The fourth-order valence-corrected chi connectivity index (χ4v) is 2.34. The fourth-order valence-electron chi connectivity index (χ4n) is 2.34. The number of nitrogens with zero attached hydrogens (tertiary/aromatic N) is 2. The highest BCUT2D eigenvalue weighted by molar-refractivity contribution is 5.86. The Morgan fingerprint density at radius 3 is 3.06 bits per heavy atom. The van der Waals surface area contributed by atoms with Gasteiger partial charge >= 0.3 is 0 Å². The van der Waals surface area contributed by atoms with Crippen molar-refractivity contribution in [2.45, 2.75) is 25.9 Å². The summed E-state index contributed by atoms with van der Waals surface area (Å²) in [5.74, 6) is 0.941. The number of ether oxygens (including phenoxy) is 1. The number of hydrogen-bond donors (Lipinski definition) is 0. The summed E-state index contributed by atoms with van der Waals surface area (Å²) < 4.78 is 24.2. The van der Waals surface area contributed by atoms with Crippen LogP contribution in [-0.4, -0.2) is 36.2 Å². The Labute approximate surface area is 111 Å². The summed E-state index contributed by atoms with van der Waals surface area (Å²) in [7, 11) is 3.81. The van der Waals surface area contributed by atoms with E-state index in [-0.39, 0.29) is 6.04 Å². The molecule has 1 aliphatic rings. The molecule has 0 aliphatic carbocycles. The zero-order valence-corrected chi connectivity index (χ0v) is 11.1. The summed E-state index contributed by atoms with van der Waals surface area (Å²) in [6.07, 6.45) is 2.76. The third-order valence-corrected chi connectivity index (χ3v) is 3.65. The fraction of sp³-hybridized carbons (Fsp3) is 0.467. The van der Waals surface area contributed by atoms with Gasteiger partial charge in [0, 0.05) is 41.6 Å². The molecule has 0 unspecified atom stereocenters. The molecule has 0 radical (unpaired) electrons. The summed E-state index contributed by atoms with van der Waals surface area (Å²) in [6.45, 7) is 1.17. The van der Waals surface area contributed by atoms with E-state index in [0.29, 0.717) is 0 Å². The maximum atomic E-state index is 8.46. The average molecular weight is 246 g/mol. The zero-order valence-electron chi connectivity index (χ0n) is 13.1. The first kappa shape index (κ1) is 9.45. The topological polar surface area (TPSA) is 17.4 Å². The Morgan fingerprint density at radius 1 is 1.44 bits per heavy atom. The third kappa shape index (κ3) is 1.79. The van der Waals surface area contributed by atoms with Crippen molar-refractivity contribution in [1.29, 1.82) is 0 Å². The summed E-state index contributed by atoms with van der Waals surface area (Å²) in [6, 6.07) is 5.70. The van der Waals surface area contributed by atoms with Crippen LogP contribution in [0.2, 0.25) is 0 Å². The van der Waals surface area contributed by atoms with Crippen molar-refractivity contribution in [1.82, 2.24) is 9.47 Å². The van der Waals surface area contributed by atoms with Gasteiger partial charge in [0.25, 0.3) is 0 Å². The van der Waals surface area contributed by atoms with E-state index >= 15 is 0 Å². The van der Waals surface area contributed by atoms with Crippen molar-refractivity contribution < 1.29 is 7.48 Å². The molecule has 3 rings (SSSR count). The number of fused-ring (bicyclic) bond motifs is 3. The van der Waals surface area contributed by atoms with Crippen molar-refractivity contribution in [3.05, 3.63) is 30.0 Å². The van der Waals surface area contributed by atoms with Crippen LogP contribution in [0.25, 0.3) is 10.9 Å². The number of aromatic nitrogens is 1. The van der Waals surface area contributed by atoms with E-state index < -0.39 is 6.50 Å². The van der Waals surface area contributed by atoms with Crippen LogP contribution in [0, 0.1) is 0 Å². The normalized spacial score (nSPS) is 18.4. The van der Waals surface area contributed by atoms with Crippen molar-refractivity contribution >= 4 is 10.9 Å². The van der Waals surface area contributed by atoms with Crippen LogP contribution in [0.4, 0.5) is 0 Å². The molecule has 0 saturated heterocycles. The van der Waals surface area contributed by atoms with E-state index in [2.05, 4.69) is 0 Å². The van der Waals surface area contributed by atoms with Crippen LogP contribution in [0.5, 0.6) is 5.75 Å². The lowest BCUT2D eigenvalue weighted by atomic mass is 10.1. The van der Waals surface area contributed by atoms with Crippen LogP contribution in [-0.2, 0) is 12.9 Å². The van der Waals surface area contributed by atoms with Crippen LogP contribution in [0.3, 0.4) is 0 Å². The molecule has 0 fully saturated rings. The highest BCUT2D eigenvalue weighted by Crippen LogP contribution is 2.33. The molecule has 1 aromatic carbocycles. The molecule has 0 saturated carbocycles. The summed E-state index contributed by atoms with van der Waals surface area (Å²) in [4.78, 5) is 1.91. The van der Waals surface area contributed by atoms with E-state index in [1.807, 2.05) is 50.3 Å². The Bertz CT molecular complexity index is 649. The molecule has 1 aliphatic heterocycles. The highest BCUT2D eigenvalue weighted by Gasteiger charge is 2.17. The molecule has 3 heteroatoms. The van der Waals surface area contributed by atoms with Crippen molar-refractivity contribution in [3.8, 4) is 5.75 Å². The first-order valence-electron chi connectivity index (χ1n) is 7.35. The van der Waals surface area contributed by atoms with Gasteiger partial charge in [-0.2, -0.15) is 0 Å². The average Bonchev–Trinajstić information content (AvgIpc) is 3.02. The molecule has 96 valence electrons. The van der Waals surface area contributed by atoms with E-state index in [0.717, 1.165) is 29.7 Å². The van der Waals surface area contributed by atoms with Crippen LogP contribution < -0.4 is 4.74 Å². The number of hydrogen-bond acceptors (Lipinski definition) is 2. The minimum absolute atomic E-state index is 0.220. The molecular formula is C15H20N2O. The van der Waals surface area contributed by atoms with Gasteiger partial charge in [-0.1, -0.05) is 0 Å². The Balaban J connectivity index is 2.14. The van der Waals surface area contributed by atoms with Gasteiger partial charge in [-0.15, -0.1) is 0 Å². The minimum Gasteiger partial charge on any atom is -0.493 e. The Morgan fingerprint density at radius 2 is 2.28 bits per heavy atom. The second-order valence-electron chi connectivity index (χ2n) is 5.03. The van der Waals surface area contributed by atoms with Crippen LogP contribution in [0.15, 0.2) is 24.4 Å². The van der Waals surface area contributed by atoms with Crippen molar-refractivity contribution in [3.63, 3.8) is 0 Å². The molecule has 0 amide bonds. The predicted octanol–water partition coefficient (Wildman–Crippen LogP) is 2.53. The maximum absolute atomic E-state index is 8.46. The SMILES string of the molecule is [2H]C([2H])([C@@H](C)N(C)C)n1ccc2c3c(ccc21)OCC3. The van der Waals surface area contributed by atoms with Gasteiger partial charge in [0.15, 0.2) is 0 Å². The molecule has 1 atom stereocenters. The van der Waals surface area contributed by atoms with Gasteiger partial charge in [0.1, 0.15) is 5.75 Å². The smallest absolute Gasteiger partial charge is 0.123 e. The number of benzene rings is 1. The molecule has 0 bridgehead atoms. The largest absolute Gasteiger partial charge is 0.493 e. The lowest BCUT2D eigenvalue weighted by Crippen LogP contribution is -2.28. The van der Waals surface area contributed by atoms with E-state index in [1.54, 1.807) is 4.57 Å². The van der Waals surface area contributed by atoms with Crippen LogP contribution >= 0.6 is 0 Å². The molecule has 3 nitrogen and oxygen atoms in total. The highest BCUT2D eigenvalue weighted by atomic mass is 16.5. The van der Waals surface area contributed by atoms with Gasteiger partial charge in [-0.25, -0.2) is 0 Å². The van der Waals surface area contributed by atoms with E-state index in [1.165, 1.54) is 5.56 Å². The quantitative estimate of drug-likeness (QED) is 0.828. The molecule has 2 heterocycles. The lowest BCUT2D eigenvalue weighted by molar-refractivity contribution is 0.286. The summed E-state index contributed by atoms with van der Waals surface area (Å²) in [5.41, 5.74) is 2.14. The zero-order chi connectivity index (χ0) is 14.5. The first-order valence-corrected chi connectivity index (χ1v) is 6.35. The van der Waals surface area contributed by atoms with Gasteiger partial charge in [-0.3, -0.25) is 0 Å². The first-order chi connectivity index (χ1) is 9.43. The standard InChI is InChI=1S/C15H20N2O/c1-11(16(2)3)10-17-8-6-12-13-7-9-18-15(13)5-4-14(12)17/h4-6,8,11H,7,9-10H2,1-3H3/t11-/m1/s1/i10D2.